The first-order valence-electron chi connectivity index (χ1n) is 11.0. The van der Waals surface area contributed by atoms with Gasteiger partial charge in [0.1, 0.15) is 0 Å². The second-order valence-electron chi connectivity index (χ2n) is 10.5. The Morgan fingerprint density at radius 3 is 1.09 bits per heavy atom. The van der Waals surface area contributed by atoms with Gasteiger partial charge >= 0.3 is 11.8 Å². The van der Waals surface area contributed by atoms with Crippen LogP contribution in [0.5, 0.6) is 0 Å². The van der Waals surface area contributed by atoms with Gasteiger partial charge in [-0.2, -0.15) is 17.6 Å². The number of rotatable bonds is 5. The first-order valence-corrected chi connectivity index (χ1v) is 11.0. The van der Waals surface area contributed by atoms with Crippen LogP contribution in [0, 0.1) is 0 Å². The van der Waals surface area contributed by atoms with Crippen molar-refractivity contribution in [1.29, 1.82) is 0 Å². The van der Waals surface area contributed by atoms with Crippen LogP contribution in [0.1, 0.15) is 88.8 Å². The van der Waals surface area contributed by atoms with Crippen LogP contribution in [0.3, 0.4) is 0 Å². The van der Waals surface area contributed by atoms with Gasteiger partial charge in [0, 0.05) is 22.5 Å². The second kappa shape index (κ2) is 8.27. The molecule has 0 atom stereocenters. The third kappa shape index (κ3) is 4.46. The van der Waals surface area contributed by atoms with Gasteiger partial charge in [-0.1, -0.05) is 55.4 Å². The fourth-order valence-electron chi connectivity index (χ4n) is 3.98. The van der Waals surface area contributed by atoms with E-state index in [-0.39, 0.29) is 0 Å². The molecular weight excluding hydrogens is 416 g/mol. The summed E-state index contributed by atoms with van der Waals surface area (Å²) < 4.78 is 62.3. The first-order chi connectivity index (χ1) is 14.4. The van der Waals surface area contributed by atoms with Crippen molar-refractivity contribution in [1.82, 2.24) is 0 Å². The van der Waals surface area contributed by atoms with Crippen molar-refractivity contribution in [2.24, 2.45) is 0 Å². The Balaban J connectivity index is 2.79. The Kier molecular flexibility index (Phi) is 6.73. The summed E-state index contributed by atoms with van der Waals surface area (Å²) in [6, 6.07) is 4.48. The molecule has 2 nitrogen and oxygen atoms in total. The molecule has 0 spiro atoms. The first kappa shape index (κ1) is 26.0. The van der Waals surface area contributed by atoms with Crippen LogP contribution in [-0.4, -0.2) is 0 Å². The lowest BCUT2D eigenvalue weighted by atomic mass is 9.80. The van der Waals surface area contributed by atoms with Crippen LogP contribution in [0.2, 0.25) is 0 Å². The Hall–Kier alpha value is -2.24. The fourth-order valence-corrected chi connectivity index (χ4v) is 3.98. The molecule has 0 bridgehead atoms. The average molecular weight is 453 g/mol. The van der Waals surface area contributed by atoms with E-state index in [0.717, 1.165) is 24.3 Å². The number of halogens is 4. The summed E-state index contributed by atoms with van der Waals surface area (Å²) in [5.74, 6) is -8.89. The highest BCUT2D eigenvalue weighted by molar-refractivity contribution is 5.61. The molecule has 0 aliphatic carbocycles. The normalized spacial score (nSPS) is 13.5. The summed E-state index contributed by atoms with van der Waals surface area (Å²) in [5.41, 5.74) is 12.2. The standard InChI is InChI=1S/C26H36F4N2/c1-9-15-11-17(13-19(21(15)31)23(3,4)5)25(27,28)26(29,30)18-12-16(10-2)22(32)20(14-18)24(6,7)8/h11-14H,9-10,31-32H2,1-8H3. The van der Waals surface area contributed by atoms with Crippen LogP contribution in [0.25, 0.3) is 0 Å². The van der Waals surface area contributed by atoms with E-state index in [1.54, 1.807) is 13.8 Å². The SMILES string of the molecule is CCc1cc(C(F)(F)C(F)(F)c2cc(CC)c(N)c(C(C)(C)C)c2)cc(C(C)(C)C)c1N. The van der Waals surface area contributed by atoms with E-state index in [2.05, 4.69) is 0 Å². The minimum Gasteiger partial charge on any atom is -0.398 e. The topological polar surface area (TPSA) is 52.0 Å². The highest BCUT2D eigenvalue weighted by Crippen LogP contribution is 2.52. The lowest BCUT2D eigenvalue weighted by Gasteiger charge is -2.32. The van der Waals surface area contributed by atoms with Crippen molar-refractivity contribution in [2.45, 2.75) is 90.9 Å². The third-order valence-corrected chi connectivity index (χ3v) is 6.03. The van der Waals surface area contributed by atoms with Crippen molar-refractivity contribution in [3.05, 3.63) is 57.6 Å². The van der Waals surface area contributed by atoms with E-state index in [1.807, 2.05) is 41.5 Å². The van der Waals surface area contributed by atoms with E-state index in [9.17, 15) is 0 Å². The number of hydrogen-bond donors (Lipinski definition) is 2. The molecule has 6 heteroatoms. The van der Waals surface area contributed by atoms with Crippen molar-refractivity contribution in [3.8, 4) is 0 Å². The number of benzene rings is 2. The minimum atomic E-state index is -4.44. The molecule has 0 heterocycles. The Morgan fingerprint density at radius 2 is 0.875 bits per heavy atom. The predicted octanol–water partition coefficient (Wildman–Crippen LogP) is 7.45. The number of nitrogens with two attached hydrogens (primary N) is 2. The summed E-state index contributed by atoms with van der Waals surface area (Å²) >= 11 is 0. The Labute approximate surface area is 189 Å². The van der Waals surface area contributed by atoms with Crippen molar-refractivity contribution >= 4 is 11.4 Å². The molecule has 0 aromatic heterocycles. The third-order valence-electron chi connectivity index (χ3n) is 6.03. The zero-order chi connectivity index (χ0) is 24.9. The Bertz CT molecular complexity index is 915. The molecule has 0 amide bonds. The fraction of sp³-hybridized carbons (Fsp3) is 0.538. The van der Waals surface area contributed by atoms with Gasteiger partial charge in [0.25, 0.3) is 0 Å². The van der Waals surface area contributed by atoms with Crippen LogP contribution >= 0.6 is 0 Å². The van der Waals surface area contributed by atoms with Gasteiger partial charge in [-0.25, -0.2) is 0 Å². The maximum Gasteiger partial charge on any atom is 0.339 e. The number of alkyl halides is 4. The van der Waals surface area contributed by atoms with Crippen LogP contribution < -0.4 is 11.5 Å². The molecule has 2 aromatic rings. The van der Waals surface area contributed by atoms with Crippen LogP contribution in [0.15, 0.2) is 24.3 Å². The molecule has 0 fully saturated rings. The molecular formula is C26H36F4N2. The summed E-state index contributed by atoms with van der Waals surface area (Å²) in [4.78, 5) is 0. The number of hydrogen-bond acceptors (Lipinski definition) is 2. The van der Waals surface area contributed by atoms with Gasteiger partial charge in [-0.3, -0.25) is 0 Å². The Morgan fingerprint density at radius 1 is 0.594 bits per heavy atom. The largest absolute Gasteiger partial charge is 0.398 e. The van der Waals surface area contributed by atoms with Gasteiger partial charge in [0.2, 0.25) is 0 Å². The molecule has 0 saturated carbocycles. The van der Waals surface area contributed by atoms with E-state index in [0.29, 0.717) is 46.5 Å². The van der Waals surface area contributed by atoms with E-state index < -0.39 is 33.8 Å². The summed E-state index contributed by atoms with van der Waals surface area (Å²) in [7, 11) is 0. The van der Waals surface area contributed by atoms with E-state index in [1.165, 1.54) is 0 Å². The lowest BCUT2D eigenvalue weighted by Crippen LogP contribution is -2.37. The van der Waals surface area contributed by atoms with E-state index in [4.69, 9.17) is 11.5 Å². The quantitative estimate of drug-likeness (QED) is 0.365. The van der Waals surface area contributed by atoms with Crippen molar-refractivity contribution < 1.29 is 17.6 Å². The molecule has 0 radical (unpaired) electrons. The zero-order valence-corrected chi connectivity index (χ0v) is 20.4. The van der Waals surface area contributed by atoms with Gasteiger partial charge in [0.15, 0.2) is 0 Å². The molecule has 178 valence electrons. The zero-order valence-electron chi connectivity index (χ0n) is 20.4. The minimum absolute atomic E-state index is 0.362. The van der Waals surface area contributed by atoms with E-state index >= 15 is 17.6 Å². The number of aryl methyl sites for hydroxylation is 2. The number of anilines is 2. The number of nitrogen functional groups attached to an aromatic ring is 2. The molecule has 2 rings (SSSR count). The highest BCUT2D eigenvalue weighted by atomic mass is 19.3. The van der Waals surface area contributed by atoms with Crippen molar-refractivity contribution in [3.63, 3.8) is 0 Å². The smallest absolute Gasteiger partial charge is 0.339 e. The molecule has 32 heavy (non-hydrogen) atoms. The molecule has 0 saturated heterocycles. The second-order valence-corrected chi connectivity index (χ2v) is 10.5. The molecule has 2 aromatic carbocycles. The van der Waals surface area contributed by atoms with Gasteiger partial charge in [0.05, 0.1) is 0 Å². The predicted molar refractivity (Wildman–Crippen MR) is 126 cm³/mol. The molecule has 0 unspecified atom stereocenters. The summed E-state index contributed by atoms with van der Waals surface area (Å²) in [5, 5.41) is 0. The monoisotopic (exact) mass is 452 g/mol. The molecule has 0 aliphatic rings. The summed E-state index contributed by atoms with van der Waals surface area (Å²) in [6.45, 7) is 14.5. The average Bonchev–Trinajstić information content (AvgIpc) is 2.65. The van der Waals surface area contributed by atoms with Gasteiger partial charge in [-0.05, 0) is 70.2 Å². The lowest BCUT2D eigenvalue weighted by molar-refractivity contribution is -0.224. The van der Waals surface area contributed by atoms with Crippen LogP contribution in [0.4, 0.5) is 28.9 Å². The van der Waals surface area contributed by atoms with Gasteiger partial charge in [-0.15, -0.1) is 0 Å². The molecule has 4 N–H and O–H groups in total. The maximum absolute atomic E-state index is 15.6. The van der Waals surface area contributed by atoms with Crippen LogP contribution in [-0.2, 0) is 35.5 Å². The highest BCUT2D eigenvalue weighted by Gasteiger charge is 2.59. The van der Waals surface area contributed by atoms with Crippen molar-refractivity contribution in [2.75, 3.05) is 11.5 Å². The maximum atomic E-state index is 15.6. The summed E-state index contributed by atoms with van der Waals surface area (Å²) in [6.07, 6.45) is 0.723. The van der Waals surface area contributed by atoms with Gasteiger partial charge < -0.3 is 11.5 Å². The molecule has 0 aliphatic heterocycles.